The fourth-order valence-corrected chi connectivity index (χ4v) is 1.87. The predicted octanol–water partition coefficient (Wildman–Crippen LogP) is 0.766. The number of rotatable bonds is 2. The Kier molecular flexibility index (Phi) is 3.82. The molecule has 1 fully saturated rings. The standard InChI is InChI=1S/C8H14ClNO2/c1-12-8(11)6-3-2-4-10-7(6)5-9/h6-7,10H,2-5H2,1H3/t6-,7-/m1/s1. The molecule has 0 aromatic carbocycles. The normalized spacial score (nSPS) is 29.8. The number of carbonyl (C=O) groups excluding carboxylic acids is 1. The molecule has 1 heterocycles. The molecule has 4 heteroatoms. The number of halogens is 1. The van der Waals surface area contributed by atoms with Gasteiger partial charge in [-0.05, 0) is 19.4 Å². The highest BCUT2D eigenvalue weighted by molar-refractivity contribution is 6.18. The van der Waals surface area contributed by atoms with Crippen molar-refractivity contribution in [2.75, 3.05) is 19.5 Å². The first-order valence-corrected chi connectivity index (χ1v) is 4.70. The maximum atomic E-state index is 11.2. The molecule has 0 saturated carbocycles. The number of ether oxygens (including phenoxy) is 1. The molecule has 0 unspecified atom stereocenters. The molecule has 3 nitrogen and oxygen atoms in total. The van der Waals surface area contributed by atoms with Crippen molar-refractivity contribution in [3.05, 3.63) is 0 Å². The van der Waals surface area contributed by atoms with Gasteiger partial charge in [0, 0.05) is 11.9 Å². The first-order valence-electron chi connectivity index (χ1n) is 4.16. The Morgan fingerprint density at radius 2 is 2.50 bits per heavy atom. The van der Waals surface area contributed by atoms with Crippen molar-refractivity contribution in [2.24, 2.45) is 5.92 Å². The smallest absolute Gasteiger partial charge is 0.310 e. The van der Waals surface area contributed by atoms with Gasteiger partial charge in [0.15, 0.2) is 0 Å². The van der Waals surface area contributed by atoms with Gasteiger partial charge in [0.25, 0.3) is 0 Å². The molecule has 12 heavy (non-hydrogen) atoms. The number of piperidine rings is 1. The molecule has 0 bridgehead atoms. The molecule has 0 radical (unpaired) electrons. The highest BCUT2D eigenvalue weighted by Gasteiger charge is 2.30. The van der Waals surface area contributed by atoms with E-state index in [4.69, 9.17) is 11.6 Å². The molecule has 2 atom stereocenters. The van der Waals surface area contributed by atoms with Crippen LogP contribution < -0.4 is 5.32 Å². The largest absolute Gasteiger partial charge is 0.469 e. The SMILES string of the molecule is COC(=O)[C@@H]1CCCN[C@@H]1CCl. The zero-order valence-electron chi connectivity index (χ0n) is 7.18. The Balaban J connectivity index is 2.52. The number of esters is 1. The second kappa shape index (κ2) is 4.67. The van der Waals surface area contributed by atoms with Gasteiger partial charge in [0.2, 0.25) is 0 Å². The van der Waals surface area contributed by atoms with Crippen LogP contribution in [0.1, 0.15) is 12.8 Å². The van der Waals surface area contributed by atoms with Crippen molar-refractivity contribution >= 4 is 17.6 Å². The summed E-state index contributed by atoms with van der Waals surface area (Å²) < 4.78 is 4.68. The van der Waals surface area contributed by atoms with Gasteiger partial charge < -0.3 is 10.1 Å². The van der Waals surface area contributed by atoms with E-state index in [0.717, 1.165) is 19.4 Å². The topological polar surface area (TPSA) is 38.3 Å². The zero-order valence-corrected chi connectivity index (χ0v) is 7.93. The zero-order chi connectivity index (χ0) is 8.97. The minimum absolute atomic E-state index is 0.0544. The first-order chi connectivity index (χ1) is 5.79. The molecule has 0 spiro atoms. The minimum atomic E-state index is -0.146. The molecule has 1 aliphatic heterocycles. The van der Waals surface area contributed by atoms with Crippen LogP contribution in [-0.2, 0) is 9.53 Å². The van der Waals surface area contributed by atoms with Crippen LogP contribution in [0.3, 0.4) is 0 Å². The third-order valence-corrected chi connectivity index (χ3v) is 2.59. The predicted molar refractivity (Wildman–Crippen MR) is 47.3 cm³/mol. The summed E-state index contributed by atoms with van der Waals surface area (Å²) in [5, 5.41) is 3.20. The van der Waals surface area contributed by atoms with E-state index in [2.05, 4.69) is 10.1 Å². The number of hydrogen-bond donors (Lipinski definition) is 1. The first kappa shape index (κ1) is 9.81. The molecule has 1 saturated heterocycles. The second-order valence-corrected chi connectivity index (χ2v) is 3.30. The lowest BCUT2D eigenvalue weighted by Crippen LogP contribution is -2.46. The van der Waals surface area contributed by atoms with E-state index in [9.17, 15) is 4.79 Å². The fourth-order valence-electron chi connectivity index (χ4n) is 1.55. The Hall–Kier alpha value is -0.280. The highest BCUT2D eigenvalue weighted by Crippen LogP contribution is 2.18. The summed E-state index contributed by atoms with van der Waals surface area (Å²) in [6.45, 7) is 0.949. The van der Waals surface area contributed by atoms with Crippen LogP contribution in [0.15, 0.2) is 0 Å². The van der Waals surface area contributed by atoms with Gasteiger partial charge in [0.1, 0.15) is 0 Å². The molecule has 0 aromatic rings. The van der Waals surface area contributed by atoms with E-state index in [0.29, 0.717) is 5.88 Å². The van der Waals surface area contributed by atoms with E-state index in [1.807, 2.05) is 0 Å². The van der Waals surface area contributed by atoms with Gasteiger partial charge in [-0.15, -0.1) is 11.6 Å². The molecule has 1 N–H and O–H groups in total. The molecule has 0 amide bonds. The van der Waals surface area contributed by atoms with Crippen molar-refractivity contribution in [2.45, 2.75) is 18.9 Å². The summed E-state index contributed by atoms with van der Waals surface area (Å²) in [5.41, 5.74) is 0. The average Bonchev–Trinajstić information content (AvgIpc) is 2.16. The Morgan fingerprint density at radius 1 is 1.75 bits per heavy atom. The number of alkyl halides is 1. The van der Waals surface area contributed by atoms with Crippen molar-refractivity contribution in [1.29, 1.82) is 0 Å². The molecular weight excluding hydrogens is 178 g/mol. The minimum Gasteiger partial charge on any atom is -0.469 e. The molecule has 0 aromatic heterocycles. The van der Waals surface area contributed by atoms with Gasteiger partial charge in [-0.2, -0.15) is 0 Å². The summed E-state index contributed by atoms with van der Waals surface area (Å²) in [4.78, 5) is 11.2. The second-order valence-electron chi connectivity index (χ2n) is 2.99. The lowest BCUT2D eigenvalue weighted by molar-refractivity contribution is -0.147. The maximum Gasteiger partial charge on any atom is 0.310 e. The molecular formula is C8H14ClNO2. The fraction of sp³-hybridized carbons (Fsp3) is 0.875. The van der Waals surface area contributed by atoms with E-state index in [-0.39, 0.29) is 17.9 Å². The van der Waals surface area contributed by atoms with Gasteiger partial charge in [-0.3, -0.25) is 4.79 Å². The van der Waals surface area contributed by atoms with Crippen LogP contribution in [0.2, 0.25) is 0 Å². The highest BCUT2D eigenvalue weighted by atomic mass is 35.5. The monoisotopic (exact) mass is 191 g/mol. The number of nitrogens with one attached hydrogen (secondary N) is 1. The summed E-state index contributed by atoms with van der Waals surface area (Å²) in [6, 6.07) is 0.0906. The van der Waals surface area contributed by atoms with Crippen LogP contribution in [0.4, 0.5) is 0 Å². The Labute approximate surface area is 77.4 Å². The Bertz CT molecular complexity index is 163. The summed E-state index contributed by atoms with van der Waals surface area (Å²) >= 11 is 5.71. The lowest BCUT2D eigenvalue weighted by atomic mass is 9.92. The lowest BCUT2D eigenvalue weighted by Gasteiger charge is -2.28. The third-order valence-electron chi connectivity index (χ3n) is 2.25. The van der Waals surface area contributed by atoms with Gasteiger partial charge >= 0.3 is 5.97 Å². The summed E-state index contributed by atoms with van der Waals surface area (Å²) in [5.74, 6) is 0.272. The van der Waals surface area contributed by atoms with Crippen LogP contribution in [0.5, 0.6) is 0 Å². The number of carbonyl (C=O) groups is 1. The van der Waals surface area contributed by atoms with E-state index in [1.54, 1.807) is 0 Å². The van der Waals surface area contributed by atoms with Crippen molar-refractivity contribution in [3.63, 3.8) is 0 Å². The van der Waals surface area contributed by atoms with Crippen molar-refractivity contribution in [3.8, 4) is 0 Å². The van der Waals surface area contributed by atoms with E-state index in [1.165, 1.54) is 7.11 Å². The summed E-state index contributed by atoms with van der Waals surface area (Å²) in [6.07, 6.45) is 1.91. The van der Waals surface area contributed by atoms with Crippen molar-refractivity contribution < 1.29 is 9.53 Å². The van der Waals surface area contributed by atoms with E-state index >= 15 is 0 Å². The number of hydrogen-bond acceptors (Lipinski definition) is 3. The van der Waals surface area contributed by atoms with E-state index < -0.39 is 0 Å². The Morgan fingerprint density at radius 3 is 3.08 bits per heavy atom. The third kappa shape index (κ3) is 2.11. The average molecular weight is 192 g/mol. The molecule has 0 aliphatic carbocycles. The van der Waals surface area contributed by atoms with Crippen molar-refractivity contribution in [1.82, 2.24) is 5.32 Å². The molecule has 1 rings (SSSR count). The van der Waals surface area contributed by atoms with Crippen LogP contribution in [0, 0.1) is 5.92 Å². The summed E-state index contributed by atoms with van der Waals surface area (Å²) in [7, 11) is 1.42. The van der Waals surface area contributed by atoms with Gasteiger partial charge in [0.05, 0.1) is 13.0 Å². The van der Waals surface area contributed by atoms with Gasteiger partial charge in [-0.1, -0.05) is 0 Å². The molecule has 1 aliphatic rings. The van der Waals surface area contributed by atoms with Gasteiger partial charge in [-0.25, -0.2) is 0 Å². The quantitative estimate of drug-likeness (QED) is 0.518. The maximum absolute atomic E-state index is 11.2. The van der Waals surface area contributed by atoms with Crippen LogP contribution in [0.25, 0.3) is 0 Å². The molecule has 70 valence electrons. The van der Waals surface area contributed by atoms with Crippen LogP contribution in [-0.4, -0.2) is 31.5 Å². The number of methoxy groups -OCH3 is 1. The van der Waals surface area contributed by atoms with Crippen LogP contribution >= 0.6 is 11.6 Å².